The molecule has 6 nitrogen and oxygen atoms in total. The van der Waals surface area contributed by atoms with E-state index >= 15 is 0 Å². The maximum atomic E-state index is 12.2. The highest BCUT2D eigenvalue weighted by Crippen LogP contribution is 2.41. The van der Waals surface area contributed by atoms with Crippen molar-refractivity contribution >= 4 is 23.4 Å². The Bertz CT molecular complexity index is 764. The van der Waals surface area contributed by atoms with E-state index in [2.05, 4.69) is 0 Å². The molecule has 2 fully saturated rings. The molecular formula is C23H29ClO6. The Morgan fingerprint density at radius 2 is 2.13 bits per heavy atom. The van der Waals surface area contributed by atoms with E-state index in [1.807, 2.05) is 0 Å². The zero-order chi connectivity index (χ0) is 21.5. The molecule has 7 heteroatoms. The number of fused-ring (bicyclic) bond motifs is 1. The number of ether oxygens (including phenoxy) is 2. The summed E-state index contributed by atoms with van der Waals surface area (Å²) in [6.07, 6.45) is 6.86. The topological polar surface area (TPSA) is 93.1 Å². The summed E-state index contributed by atoms with van der Waals surface area (Å²) in [5.74, 6) is -0.00325. The summed E-state index contributed by atoms with van der Waals surface area (Å²) >= 11 is 5.91. The average molecular weight is 437 g/mol. The van der Waals surface area contributed by atoms with Crippen molar-refractivity contribution in [2.45, 2.75) is 50.7 Å². The summed E-state index contributed by atoms with van der Waals surface area (Å²) in [6.45, 7) is 0.520. The summed E-state index contributed by atoms with van der Waals surface area (Å²) in [7, 11) is 0. The SMILES string of the molecule is O=C(O)CCC[C@H]1CC[C@@H]2[C@@H](C=CC(=O)COc3cccc(Cl)c3)[C@H](O)C[C@@H]2OC1. The minimum atomic E-state index is -0.765. The molecule has 0 amide bonds. The van der Waals surface area contributed by atoms with Crippen LogP contribution in [-0.4, -0.2) is 47.4 Å². The third-order valence-electron chi connectivity index (χ3n) is 6.03. The highest BCUT2D eigenvalue weighted by atomic mass is 35.5. The summed E-state index contributed by atoms with van der Waals surface area (Å²) < 4.78 is 11.5. The number of carboxylic acid groups (broad SMARTS) is 1. The number of rotatable bonds is 9. The van der Waals surface area contributed by atoms with Gasteiger partial charge in [0.1, 0.15) is 5.75 Å². The molecule has 1 aliphatic heterocycles. The third-order valence-corrected chi connectivity index (χ3v) is 6.26. The largest absolute Gasteiger partial charge is 0.485 e. The molecule has 3 rings (SSSR count). The Hall–Kier alpha value is -1.89. The number of carbonyl (C=O) groups is 2. The maximum Gasteiger partial charge on any atom is 0.303 e. The lowest BCUT2D eigenvalue weighted by Crippen LogP contribution is -2.21. The van der Waals surface area contributed by atoms with Gasteiger partial charge in [0.05, 0.1) is 12.2 Å². The number of ketones is 1. The van der Waals surface area contributed by atoms with E-state index in [1.165, 1.54) is 6.08 Å². The van der Waals surface area contributed by atoms with Crippen LogP contribution < -0.4 is 4.74 Å². The minimum Gasteiger partial charge on any atom is -0.485 e. The highest BCUT2D eigenvalue weighted by Gasteiger charge is 2.43. The van der Waals surface area contributed by atoms with E-state index in [4.69, 9.17) is 26.2 Å². The van der Waals surface area contributed by atoms with Crippen LogP contribution in [0.4, 0.5) is 0 Å². The van der Waals surface area contributed by atoms with E-state index in [9.17, 15) is 14.7 Å². The van der Waals surface area contributed by atoms with Gasteiger partial charge in [-0.1, -0.05) is 23.7 Å². The molecule has 0 radical (unpaired) electrons. The van der Waals surface area contributed by atoms with Gasteiger partial charge < -0.3 is 19.7 Å². The lowest BCUT2D eigenvalue weighted by atomic mass is 9.86. The normalized spacial score (nSPS) is 28.8. The Morgan fingerprint density at radius 3 is 2.90 bits per heavy atom. The summed E-state index contributed by atoms with van der Waals surface area (Å²) in [5, 5.41) is 19.8. The third kappa shape index (κ3) is 6.56. The van der Waals surface area contributed by atoms with Gasteiger partial charge in [0, 0.05) is 30.4 Å². The van der Waals surface area contributed by atoms with Crippen LogP contribution in [-0.2, 0) is 14.3 Å². The first kappa shape index (κ1) is 22.8. The zero-order valence-electron chi connectivity index (χ0n) is 16.9. The predicted molar refractivity (Wildman–Crippen MR) is 113 cm³/mol. The Kier molecular flexibility index (Phi) is 8.31. The van der Waals surface area contributed by atoms with Crippen LogP contribution in [0.5, 0.6) is 5.75 Å². The van der Waals surface area contributed by atoms with Crippen LogP contribution in [0.1, 0.15) is 38.5 Å². The van der Waals surface area contributed by atoms with Crippen LogP contribution in [0.25, 0.3) is 0 Å². The van der Waals surface area contributed by atoms with E-state index in [0.717, 1.165) is 19.3 Å². The number of aliphatic carboxylic acids is 1. The van der Waals surface area contributed by atoms with Gasteiger partial charge in [-0.3, -0.25) is 9.59 Å². The van der Waals surface area contributed by atoms with Crippen molar-refractivity contribution < 1.29 is 29.3 Å². The summed E-state index contributed by atoms with van der Waals surface area (Å²) in [6, 6.07) is 6.89. The number of hydrogen-bond acceptors (Lipinski definition) is 5. The lowest BCUT2D eigenvalue weighted by Gasteiger charge is -2.20. The van der Waals surface area contributed by atoms with Gasteiger partial charge in [-0.05, 0) is 61.8 Å². The zero-order valence-corrected chi connectivity index (χ0v) is 17.7. The number of carboxylic acids is 1. The lowest BCUT2D eigenvalue weighted by molar-refractivity contribution is -0.137. The van der Waals surface area contributed by atoms with E-state index in [-0.39, 0.29) is 36.8 Å². The van der Waals surface area contributed by atoms with Crippen LogP contribution in [0, 0.1) is 17.8 Å². The maximum absolute atomic E-state index is 12.2. The Labute approximate surface area is 181 Å². The molecule has 164 valence electrons. The van der Waals surface area contributed by atoms with Gasteiger partial charge in [0.25, 0.3) is 0 Å². The molecule has 5 atom stereocenters. The van der Waals surface area contributed by atoms with Gasteiger partial charge >= 0.3 is 5.97 Å². The molecule has 1 saturated carbocycles. The average Bonchev–Trinajstić information content (AvgIpc) is 2.86. The molecule has 1 saturated heterocycles. The Balaban J connectivity index is 1.50. The molecule has 30 heavy (non-hydrogen) atoms. The molecule has 1 heterocycles. The second-order valence-corrected chi connectivity index (χ2v) is 8.65. The fourth-order valence-electron chi connectivity index (χ4n) is 4.46. The van der Waals surface area contributed by atoms with Crippen LogP contribution in [0.2, 0.25) is 5.02 Å². The summed E-state index contributed by atoms with van der Waals surface area (Å²) in [5.41, 5.74) is 0. The van der Waals surface area contributed by atoms with Crippen molar-refractivity contribution in [3.63, 3.8) is 0 Å². The first-order valence-electron chi connectivity index (χ1n) is 10.5. The number of aliphatic hydroxyl groups is 1. The van der Waals surface area contributed by atoms with Crippen molar-refractivity contribution in [1.82, 2.24) is 0 Å². The first-order chi connectivity index (χ1) is 14.4. The molecule has 0 spiro atoms. The van der Waals surface area contributed by atoms with E-state index in [1.54, 1.807) is 30.3 Å². The minimum absolute atomic E-state index is 0.0167. The molecule has 2 N–H and O–H groups in total. The van der Waals surface area contributed by atoms with Gasteiger partial charge in [-0.15, -0.1) is 0 Å². The van der Waals surface area contributed by atoms with Crippen molar-refractivity contribution in [3.05, 3.63) is 41.4 Å². The molecule has 1 aliphatic carbocycles. The molecule has 0 unspecified atom stereocenters. The van der Waals surface area contributed by atoms with E-state index in [0.29, 0.717) is 36.1 Å². The van der Waals surface area contributed by atoms with Crippen molar-refractivity contribution in [3.8, 4) is 5.75 Å². The van der Waals surface area contributed by atoms with Gasteiger partial charge in [0.2, 0.25) is 0 Å². The monoisotopic (exact) mass is 436 g/mol. The van der Waals surface area contributed by atoms with Gasteiger partial charge in [-0.25, -0.2) is 0 Å². The van der Waals surface area contributed by atoms with Gasteiger partial charge in [0.15, 0.2) is 12.4 Å². The highest BCUT2D eigenvalue weighted by molar-refractivity contribution is 6.30. The van der Waals surface area contributed by atoms with E-state index < -0.39 is 12.1 Å². The summed E-state index contributed by atoms with van der Waals surface area (Å²) in [4.78, 5) is 22.9. The molecule has 2 aliphatic rings. The molecule has 0 bridgehead atoms. The number of halogens is 1. The van der Waals surface area contributed by atoms with Crippen LogP contribution in [0.3, 0.4) is 0 Å². The fourth-order valence-corrected chi connectivity index (χ4v) is 4.64. The standard InChI is InChI=1S/C23H29ClO6/c24-16-4-2-5-18(11-16)29-14-17(25)8-10-19-20-9-7-15(3-1-6-23(27)28)13-30-22(20)12-21(19)26/h2,4-5,8,10-11,15,19-22,26H,1,3,6-7,9,12-14H2,(H,27,28)/t15-,19+,20+,21+,22-/m0/s1. The molecule has 1 aromatic carbocycles. The number of aliphatic hydroxyl groups excluding tert-OH is 1. The van der Waals surface area contributed by atoms with Crippen molar-refractivity contribution in [1.29, 1.82) is 0 Å². The molecule has 0 aromatic heterocycles. The quantitative estimate of drug-likeness (QED) is 0.570. The van der Waals surface area contributed by atoms with Crippen LogP contribution in [0.15, 0.2) is 36.4 Å². The number of carbonyl (C=O) groups excluding carboxylic acids is 1. The van der Waals surface area contributed by atoms with Crippen molar-refractivity contribution in [2.75, 3.05) is 13.2 Å². The Morgan fingerprint density at radius 1 is 1.30 bits per heavy atom. The first-order valence-corrected chi connectivity index (χ1v) is 10.9. The second-order valence-electron chi connectivity index (χ2n) is 8.22. The second kappa shape index (κ2) is 10.9. The molecule has 1 aromatic rings. The van der Waals surface area contributed by atoms with Crippen LogP contribution >= 0.6 is 11.6 Å². The number of benzene rings is 1. The fraction of sp³-hybridized carbons (Fsp3) is 0.565. The predicted octanol–water partition coefficient (Wildman–Crippen LogP) is 3.89. The van der Waals surface area contributed by atoms with Gasteiger partial charge in [-0.2, -0.15) is 0 Å². The molecular weight excluding hydrogens is 408 g/mol. The smallest absolute Gasteiger partial charge is 0.303 e. The number of hydrogen-bond donors (Lipinski definition) is 2. The van der Waals surface area contributed by atoms with Crippen molar-refractivity contribution in [2.24, 2.45) is 17.8 Å².